The first kappa shape index (κ1) is 11.5. The Bertz CT molecular complexity index is 572. The van der Waals surface area contributed by atoms with Crippen LogP contribution in [0.15, 0.2) is 24.4 Å². The fraction of sp³-hybridized carbons (Fsp3) is 0.250. The molecule has 1 aromatic heterocycles. The Hall–Kier alpha value is -2.01. The molecule has 0 bridgehead atoms. The number of benzene rings is 1. The first-order valence-electron chi connectivity index (χ1n) is 5.22. The molecular weight excluding hydrogens is 220 g/mol. The lowest BCUT2D eigenvalue weighted by Crippen LogP contribution is -2.46. The van der Waals surface area contributed by atoms with E-state index < -0.39 is 11.5 Å². The van der Waals surface area contributed by atoms with Crippen LogP contribution in [0, 0.1) is 0 Å². The van der Waals surface area contributed by atoms with E-state index in [1.807, 2.05) is 6.07 Å². The van der Waals surface area contributed by atoms with Crippen LogP contribution in [0.5, 0.6) is 5.75 Å². The van der Waals surface area contributed by atoms with E-state index in [2.05, 4.69) is 4.98 Å². The van der Waals surface area contributed by atoms with Crippen molar-refractivity contribution < 1.29 is 15.0 Å². The van der Waals surface area contributed by atoms with Crippen LogP contribution in [-0.2, 0) is 11.2 Å². The molecule has 5 heteroatoms. The van der Waals surface area contributed by atoms with Gasteiger partial charge in [-0.3, -0.25) is 4.79 Å². The van der Waals surface area contributed by atoms with Gasteiger partial charge in [0.1, 0.15) is 11.3 Å². The van der Waals surface area contributed by atoms with Gasteiger partial charge < -0.3 is 20.9 Å². The highest BCUT2D eigenvalue weighted by atomic mass is 16.4. The van der Waals surface area contributed by atoms with Gasteiger partial charge in [0.15, 0.2) is 0 Å². The molecule has 17 heavy (non-hydrogen) atoms. The number of carboxylic acids is 1. The number of phenolic OH excluding ortho intramolecular Hbond substituents is 1. The first-order chi connectivity index (χ1) is 7.92. The van der Waals surface area contributed by atoms with Crippen molar-refractivity contribution in [1.29, 1.82) is 0 Å². The Labute approximate surface area is 97.9 Å². The molecule has 0 saturated carbocycles. The van der Waals surface area contributed by atoms with E-state index in [0.717, 1.165) is 5.52 Å². The molecule has 1 heterocycles. The molecule has 1 atom stereocenters. The second kappa shape index (κ2) is 3.78. The number of fused-ring (bicyclic) bond motifs is 1. The molecule has 0 spiro atoms. The van der Waals surface area contributed by atoms with E-state index >= 15 is 0 Å². The van der Waals surface area contributed by atoms with Crippen molar-refractivity contribution in [1.82, 2.24) is 4.98 Å². The molecule has 0 fully saturated rings. The van der Waals surface area contributed by atoms with Gasteiger partial charge in [-0.15, -0.1) is 0 Å². The second-order valence-corrected chi connectivity index (χ2v) is 4.41. The van der Waals surface area contributed by atoms with E-state index in [1.165, 1.54) is 6.92 Å². The molecule has 90 valence electrons. The van der Waals surface area contributed by atoms with Crippen LogP contribution in [0.4, 0.5) is 0 Å². The van der Waals surface area contributed by atoms with Crippen molar-refractivity contribution >= 4 is 16.9 Å². The molecule has 0 aliphatic carbocycles. The van der Waals surface area contributed by atoms with Gasteiger partial charge >= 0.3 is 5.97 Å². The number of hydrogen-bond donors (Lipinski definition) is 4. The number of hydrogen-bond acceptors (Lipinski definition) is 3. The summed E-state index contributed by atoms with van der Waals surface area (Å²) in [7, 11) is 0. The summed E-state index contributed by atoms with van der Waals surface area (Å²) in [5.41, 5.74) is 5.81. The van der Waals surface area contributed by atoms with Crippen molar-refractivity contribution in [3.05, 3.63) is 30.0 Å². The minimum absolute atomic E-state index is 0.125. The predicted molar refractivity (Wildman–Crippen MR) is 63.9 cm³/mol. The van der Waals surface area contributed by atoms with E-state index in [-0.39, 0.29) is 12.2 Å². The van der Waals surface area contributed by atoms with Gasteiger partial charge in [-0.25, -0.2) is 0 Å². The lowest BCUT2D eigenvalue weighted by atomic mass is 9.94. The summed E-state index contributed by atoms with van der Waals surface area (Å²) in [6.07, 6.45) is 1.83. The monoisotopic (exact) mass is 234 g/mol. The largest absolute Gasteiger partial charge is 0.507 e. The Kier molecular flexibility index (Phi) is 2.55. The van der Waals surface area contributed by atoms with E-state index in [4.69, 9.17) is 10.8 Å². The molecule has 5 nitrogen and oxygen atoms in total. The van der Waals surface area contributed by atoms with Crippen LogP contribution in [0.1, 0.15) is 12.5 Å². The normalized spacial score (nSPS) is 14.7. The predicted octanol–water partition coefficient (Wildman–Crippen LogP) is 1.22. The molecular formula is C12H14N2O3. The Morgan fingerprint density at radius 2 is 2.24 bits per heavy atom. The van der Waals surface area contributed by atoms with Gasteiger partial charge in [0, 0.05) is 23.5 Å². The van der Waals surface area contributed by atoms with Crippen LogP contribution >= 0.6 is 0 Å². The summed E-state index contributed by atoms with van der Waals surface area (Å²) in [6, 6.07) is 5.10. The maximum Gasteiger partial charge on any atom is 0.323 e. The Morgan fingerprint density at radius 1 is 1.53 bits per heavy atom. The number of phenols is 1. The summed E-state index contributed by atoms with van der Waals surface area (Å²) < 4.78 is 0. The molecule has 0 aliphatic heterocycles. The SMILES string of the molecule is CC(N)(Cc1c[nH]c2cccc(O)c12)C(=O)O. The van der Waals surface area contributed by atoms with Gasteiger partial charge in [-0.05, 0) is 24.6 Å². The summed E-state index contributed by atoms with van der Waals surface area (Å²) in [4.78, 5) is 14.0. The van der Waals surface area contributed by atoms with Crippen molar-refractivity contribution in [3.8, 4) is 5.75 Å². The van der Waals surface area contributed by atoms with E-state index in [9.17, 15) is 9.90 Å². The molecule has 5 N–H and O–H groups in total. The topological polar surface area (TPSA) is 99.3 Å². The maximum atomic E-state index is 11.0. The summed E-state index contributed by atoms with van der Waals surface area (Å²) >= 11 is 0. The fourth-order valence-electron chi connectivity index (χ4n) is 1.85. The zero-order chi connectivity index (χ0) is 12.6. The number of nitrogens with two attached hydrogens (primary N) is 1. The third-order valence-corrected chi connectivity index (χ3v) is 2.81. The average molecular weight is 234 g/mol. The minimum atomic E-state index is -1.35. The standard InChI is InChI=1S/C12H14N2O3/c1-12(13,11(16)17)5-7-6-14-8-3-2-4-9(15)10(7)8/h2-4,6,14-15H,5,13H2,1H3,(H,16,17). The molecule has 0 aliphatic rings. The number of rotatable bonds is 3. The Morgan fingerprint density at radius 3 is 2.88 bits per heavy atom. The van der Waals surface area contributed by atoms with Crippen molar-refractivity contribution in [3.63, 3.8) is 0 Å². The second-order valence-electron chi connectivity index (χ2n) is 4.41. The lowest BCUT2D eigenvalue weighted by Gasteiger charge is -2.18. The zero-order valence-corrected chi connectivity index (χ0v) is 9.40. The lowest BCUT2D eigenvalue weighted by molar-refractivity contribution is -0.142. The number of aromatic nitrogens is 1. The quantitative estimate of drug-likeness (QED) is 0.641. The molecule has 0 amide bonds. The molecule has 1 unspecified atom stereocenters. The van der Waals surface area contributed by atoms with Crippen LogP contribution in [0.3, 0.4) is 0 Å². The van der Waals surface area contributed by atoms with Crippen LogP contribution in [0.2, 0.25) is 0 Å². The van der Waals surface area contributed by atoms with Crippen molar-refractivity contribution in [2.24, 2.45) is 5.73 Å². The molecule has 0 saturated heterocycles. The number of H-pyrrole nitrogens is 1. The van der Waals surface area contributed by atoms with Crippen LogP contribution in [-0.4, -0.2) is 26.7 Å². The van der Waals surface area contributed by atoms with Gasteiger partial charge in [-0.2, -0.15) is 0 Å². The Balaban J connectivity index is 2.47. The number of nitrogens with one attached hydrogen (secondary N) is 1. The maximum absolute atomic E-state index is 11.0. The van der Waals surface area contributed by atoms with Gasteiger partial charge in [0.2, 0.25) is 0 Å². The summed E-state index contributed by atoms with van der Waals surface area (Å²) in [5, 5.41) is 19.4. The molecule has 1 aromatic carbocycles. The summed E-state index contributed by atoms with van der Waals surface area (Å²) in [5.74, 6) is -0.942. The van der Waals surface area contributed by atoms with Gasteiger partial charge in [-0.1, -0.05) is 6.07 Å². The highest BCUT2D eigenvalue weighted by Crippen LogP contribution is 2.29. The number of carboxylic acid groups (broad SMARTS) is 1. The molecule has 2 aromatic rings. The van der Waals surface area contributed by atoms with Crippen LogP contribution < -0.4 is 5.73 Å². The number of aliphatic carboxylic acids is 1. The highest BCUT2D eigenvalue weighted by molar-refractivity contribution is 5.90. The fourth-order valence-corrected chi connectivity index (χ4v) is 1.85. The average Bonchev–Trinajstić information content (AvgIpc) is 2.62. The zero-order valence-electron chi connectivity index (χ0n) is 9.40. The van der Waals surface area contributed by atoms with Crippen molar-refractivity contribution in [2.45, 2.75) is 18.9 Å². The first-order valence-corrected chi connectivity index (χ1v) is 5.22. The summed E-state index contributed by atoms with van der Waals surface area (Å²) in [6.45, 7) is 1.45. The molecule has 2 rings (SSSR count). The molecule has 0 radical (unpaired) electrons. The number of aromatic hydroxyl groups is 1. The van der Waals surface area contributed by atoms with Crippen molar-refractivity contribution in [2.75, 3.05) is 0 Å². The number of carbonyl (C=O) groups is 1. The third-order valence-electron chi connectivity index (χ3n) is 2.81. The van der Waals surface area contributed by atoms with Gasteiger partial charge in [0.25, 0.3) is 0 Å². The van der Waals surface area contributed by atoms with Crippen LogP contribution in [0.25, 0.3) is 10.9 Å². The highest BCUT2D eigenvalue weighted by Gasteiger charge is 2.29. The minimum Gasteiger partial charge on any atom is -0.507 e. The smallest absolute Gasteiger partial charge is 0.323 e. The van der Waals surface area contributed by atoms with Gasteiger partial charge in [0.05, 0.1) is 0 Å². The van der Waals surface area contributed by atoms with E-state index in [1.54, 1.807) is 18.3 Å². The third kappa shape index (κ3) is 1.97. The van der Waals surface area contributed by atoms with E-state index in [0.29, 0.717) is 10.9 Å². The number of aromatic amines is 1.